The first kappa shape index (κ1) is 13.7. The molecule has 8 nitrogen and oxygen atoms in total. The number of aliphatic hydroxyl groups excluding tert-OH is 2. The van der Waals surface area contributed by atoms with Gasteiger partial charge in [-0.15, -0.1) is 6.42 Å². The number of nitrogens with zero attached hydrogens (tertiary/aromatic N) is 4. The largest absolute Gasteiger partial charge is 0.392 e. The van der Waals surface area contributed by atoms with Gasteiger partial charge in [0.25, 0.3) is 0 Å². The average molecular weight is 293 g/mol. The number of aliphatic hydroxyl groups is 2. The number of rotatable bonds is 2. The van der Waals surface area contributed by atoms with Crippen molar-refractivity contribution in [3.8, 4) is 12.3 Å². The van der Waals surface area contributed by atoms with E-state index in [2.05, 4.69) is 20.9 Å². The number of nitrogen functional groups attached to an aromatic ring is 1. The Balaban J connectivity index is 2.08. The highest BCUT2D eigenvalue weighted by molar-refractivity contribution is 5.81. The van der Waals surface area contributed by atoms with E-state index in [0.717, 1.165) is 0 Å². The molecule has 21 heavy (non-hydrogen) atoms. The van der Waals surface area contributed by atoms with E-state index in [4.69, 9.17) is 16.9 Å². The highest BCUT2D eigenvalue weighted by Gasteiger charge is 2.55. The monoisotopic (exact) mass is 293 g/mol. The van der Waals surface area contributed by atoms with E-state index < -0.39 is 30.7 Å². The predicted octanol–water partition coefficient (Wildman–Crippen LogP) is -0.999. The molecule has 3 heterocycles. The highest BCUT2D eigenvalue weighted by Crippen LogP contribution is 2.39. The summed E-state index contributed by atoms with van der Waals surface area (Å²) in [5, 5.41) is 19.2. The van der Waals surface area contributed by atoms with Crippen molar-refractivity contribution in [1.82, 2.24) is 19.5 Å². The number of imidazole rings is 1. The molecule has 1 aliphatic rings. The second kappa shape index (κ2) is 4.63. The molecule has 9 heteroatoms. The lowest BCUT2D eigenvalue weighted by Crippen LogP contribution is -2.44. The van der Waals surface area contributed by atoms with E-state index in [-0.39, 0.29) is 17.0 Å². The number of aromatic nitrogens is 4. The molecule has 4 atom stereocenters. The number of hydrogen-bond acceptors (Lipinski definition) is 7. The lowest BCUT2D eigenvalue weighted by molar-refractivity contribution is -0.0900. The van der Waals surface area contributed by atoms with Gasteiger partial charge in [-0.3, -0.25) is 4.57 Å². The van der Waals surface area contributed by atoms with E-state index in [1.165, 1.54) is 17.2 Å². The molecule has 4 unspecified atom stereocenters. The summed E-state index contributed by atoms with van der Waals surface area (Å²) in [5.41, 5.74) is 4.37. The number of hydrogen-bond donors (Lipinski definition) is 3. The minimum Gasteiger partial charge on any atom is -0.392 e. The summed E-state index contributed by atoms with van der Waals surface area (Å²) in [6, 6.07) is 0. The fraction of sp³-hybridized carbons (Fsp3) is 0.417. The molecule has 0 bridgehead atoms. The Kier molecular flexibility index (Phi) is 3.02. The van der Waals surface area contributed by atoms with Crippen LogP contribution in [-0.2, 0) is 4.74 Å². The first-order valence-corrected chi connectivity index (χ1v) is 6.05. The van der Waals surface area contributed by atoms with Crippen molar-refractivity contribution in [2.75, 3.05) is 12.3 Å². The molecule has 110 valence electrons. The smallest absolute Gasteiger partial charge is 0.182 e. The lowest BCUT2D eigenvalue weighted by atomic mass is 9.98. The van der Waals surface area contributed by atoms with Crippen LogP contribution in [0.4, 0.5) is 10.2 Å². The Morgan fingerprint density at radius 3 is 2.90 bits per heavy atom. The van der Waals surface area contributed by atoms with Crippen LogP contribution in [0.25, 0.3) is 11.2 Å². The molecule has 1 saturated heterocycles. The van der Waals surface area contributed by atoms with E-state index >= 15 is 0 Å². The van der Waals surface area contributed by atoms with Gasteiger partial charge in [0.2, 0.25) is 0 Å². The Morgan fingerprint density at radius 2 is 2.29 bits per heavy atom. The number of nitrogens with two attached hydrogens (primary N) is 1. The van der Waals surface area contributed by atoms with Crippen molar-refractivity contribution in [3.63, 3.8) is 0 Å². The van der Waals surface area contributed by atoms with Crippen LogP contribution in [0.2, 0.25) is 0 Å². The van der Waals surface area contributed by atoms with Crippen LogP contribution in [0.5, 0.6) is 0 Å². The van der Waals surface area contributed by atoms with Crippen molar-refractivity contribution in [1.29, 1.82) is 0 Å². The van der Waals surface area contributed by atoms with Crippen LogP contribution in [0.15, 0.2) is 12.7 Å². The number of fused-ring (bicyclic) bond motifs is 1. The van der Waals surface area contributed by atoms with Gasteiger partial charge in [0.15, 0.2) is 29.5 Å². The third kappa shape index (κ3) is 1.77. The van der Waals surface area contributed by atoms with Crippen LogP contribution in [0.3, 0.4) is 0 Å². The summed E-state index contributed by atoms with van der Waals surface area (Å²) in [6.07, 6.45) is 2.92. The van der Waals surface area contributed by atoms with E-state index in [0.29, 0.717) is 0 Å². The topological polar surface area (TPSA) is 119 Å². The summed E-state index contributed by atoms with van der Waals surface area (Å²) in [5.74, 6) is 2.24. The molecule has 0 aromatic carbocycles. The first-order valence-electron chi connectivity index (χ1n) is 6.05. The maximum Gasteiger partial charge on any atom is 0.182 e. The second-order valence-electron chi connectivity index (χ2n) is 4.67. The van der Waals surface area contributed by atoms with Gasteiger partial charge >= 0.3 is 0 Å². The predicted molar refractivity (Wildman–Crippen MR) is 69.4 cm³/mol. The molecule has 0 saturated carbocycles. The van der Waals surface area contributed by atoms with Gasteiger partial charge in [-0.05, 0) is 0 Å². The normalized spacial score (nSPS) is 32.4. The molecule has 3 rings (SSSR count). The zero-order valence-corrected chi connectivity index (χ0v) is 10.7. The van der Waals surface area contributed by atoms with Crippen molar-refractivity contribution < 1.29 is 19.3 Å². The van der Waals surface area contributed by atoms with Crippen LogP contribution in [-0.4, -0.2) is 54.2 Å². The molecule has 0 aliphatic carbocycles. The van der Waals surface area contributed by atoms with Gasteiger partial charge in [0.05, 0.1) is 12.9 Å². The van der Waals surface area contributed by atoms with Gasteiger partial charge in [0, 0.05) is 0 Å². The Labute approximate surface area is 118 Å². The Morgan fingerprint density at radius 1 is 1.52 bits per heavy atom. The average Bonchev–Trinajstić information content (AvgIpc) is 3.02. The van der Waals surface area contributed by atoms with Crippen molar-refractivity contribution in [2.45, 2.75) is 24.1 Å². The fourth-order valence-electron chi connectivity index (χ4n) is 2.33. The SMILES string of the molecule is C#CC1(CO)OC(n2cnc3c(N)ncnc32)C(F)C1O. The molecule has 2 aromatic rings. The molecule has 0 spiro atoms. The number of halogens is 1. The maximum atomic E-state index is 14.3. The Bertz CT molecular complexity index is 729. The summed E-state index contributed by atoms with van der Waals surface area (Å²) >= 11 is 0. The van der Waals surface area contributed by atoms with Gasteiger partial charge < -0.3 is 20.7 Å². The van der Waals surface area contributed by atoms with Gasteiger partial charge in [-0.2, -0.15) is 0 Å². The number of ether oxygens (including phenoxy) is 1. The minimum atomic E-state index is -1.86. The zero-order valence-electron chi connectivity index (χ0n) is 10.7. The molecule has 1 fully saturated rings. The highest BCUT2D eigenvalue weighted by atomic mass is 19.1. The number of alkyl halides is 1. The molecule has 1 aliphatic heterocycles. The summed E-state index contributed by atoms with van der Waals surface area (Å²) < 4.78 is 21.0. The molecular weight excluding hydrogens is 281 g/mol. The second-order valence-corrected chi connectivity index (χ2v) is 4.67. The number of anilines is 1. The van der Waals surface area contributed by atoms with E-state index in [1.807, 2.05) is 0 Å². The zero-order chi connectivity index (χ0) is 15.2. The number of terminal acetylenes is 1. The van der Waals surface area contributed by atoms with Gasteiger partial charge in [-0.25, -0.2) is 19.3 Å². The lowest BCUT2D eigenvalue weighted by Gasteiger charge is -2.23. The third-order valence-electron chi connectivity index (χ3n) is 3.52. The summed E-state index contributed by atoms with van der Waals surface area (Å²) in [6.45, 7) is -0.717. The molecule has 4 N–H and O–H groups in total. The van der Waals surface area contributed by atoms with Crippen molar-refractivity contribution in [2.24, 2.45) is 0 Å². The molecule has 0 amide bonds. The van der Waals surface area contributed by atoms with Crippen LogP contribution in [0.1, 0.15) is 6.23 Å². The minimum absolute atomic E-state index is 0.137. The van der Waals surface area contributed by atoms with E-state index in [1.54, 1.807) is 0 Å². The molecule has 2 aromatic heterocycles. The third-order valence-corrected chi connectivity index (χ3v) is 3.52. The van der Waals surface area contributed by atoms with Crippen LogP contribution in [0, 0.1) is 12.3 Å². The van der Waals surface area contributed by atoms with Gasteiger partial charge in [-0.1, -0.05) is 5.92 Å². The van der Waals surface area contributed by atoms with Gasteiger partial charge in [0.1, 0.15) is 17.9 Å². The fourth-order valence-corrected chi connectivity index (χ4v) is 2.33. The van der Waals surface area contributed by atoms with Crippen LogP contribution < -0.4 is 5.73 Å². The Hall–Kier alpha value is -2.28. The standard InChI is InChI=1S/C12H12FN5O3/c1-2-12(3-19)8(20)6(13)11(21-12)18-5-17-7-9(14)15-4-16-10(7)18/h1,4-6,8,11,19-20H,3H2,(H2,14,15,16). The summed E-state index contributed by atoms with van der Waals surface area (Å²) in [7, 11) is 0. The van der Waals surface area contributed by atoms with Crippen LogP contribution >= 0.6 is 0 Å². The van der Waals surface area contributed by atoms with Crippen molar-refractivity contribution >= 4 is 17.0 Å². The quantitative estimate of drug-likeness (QED) is 0.607. The van der Waals surface area contributed by atoms with E-state index in [9.17, 15) is 14.6 Å². The summed E-state index contributed by atoms with van der Waals surface area (Å²) in [4.78, 5) is 11.7. The van der Waals surface area contributed by atoms with Crippen molar-refractivity contribution in [3.05, 3.63) is 12.7 Å². The molecule has 0 radical (unpaired) electrons. The maximum absolute atomic E-state index is 14.3. The molecular formula is C12H12FN5O3. The first-order chi connectivity index (χ1) is 10.0.